The Kier molecular flexibility index (Phi) is 2.68. The van der Waals surface area contributed by atoms with Crippen molar-refractivity contribution in [3.63, 3.8) is 0 Å². The molecule has 1 fully saturated rings. The van der Waals surface area contributed by atoms with Crippen molar-refractivity contribution in [2.75, 3.05) is 0 Å². The first-order valence-electron chi connectivity index (χ1n) is 5.61. The number of hydrogen-bond acceptors (Lipinski definition) is 4. The van der Waals surface area contributed by atoms with Crippen LogP contribution >= 0.6 is 12.2 Å². The molecule has 2 aromatic rings. The highest BCUT2D eigenvalue weighted by molar-refractivity contribution is 7.80. The third kappa shape index (κ3) is 2.04. The molecular formula is C14H9NO3S. The van der Waals surface area contributed by atoms with Gasteiger partial charge in [-0.1, -0.05) is 30.3 Å². The summed E-state index contributed by atoms with van der Waals surface area (Å²) in [6.45, 7) is 0. The minimum absolute atomic E-state index is 0.0241. The standard InChI is InChI=1S/C14H9NO3S/c16-11-6-5-8-3-1-2-4-9(8)10(11)7-12-13(17)15-14(19)18-12/h1-7,16H,(H,15,17,19). The monoisotopic (exact) mass is 271 g/mol. The summed E-state index contributed by atoms with van der Waals surface area (Å²) in [6, 6.07) is 11.0. The highest BCUT2D eigenvalue weighted by Crippen LogP contribution is 2.29. The zero-order valence-electron chi connectivity index (χ0n) is 9.71. The number of rotatable bonds is 1. The smallest absolute Gasteiger partial charge is 0.294 e. The molecule has 1 aliphatic heterocycles. The molecule has 3 rings (SSSR count). The summed E-state index contributed by atoms with van der Waals surface area (Å²) in [5.41, 5.74) is 0.535. The minimum Gasteiger partial charge on any atom is -0.507 e. The molecule has 0 aromatic heterocycles. The number of phenolic OH excluding ortho intramolecular Hbond substituents is 1. The fraction of sp³-hybridized carbons (Fsp3) is 0. The van der Waals surface area contributed by atoms with Crippen LogP contribution in [0.4, 0.5) is 0 Å². The Morgan fingerprint density at radius 2 is 2.00 bits per heavy atom. The number of phenols is 1. The largest absolute Gasteiger partial charge is 0.507 e. The number of hydrogen-bond donors (Lipinski definition) is 2. The van der Waals surface area contributed by atoms with E-state index in [1.54, 1.807) is 6.07 Å². The van der Waals surface area contributed by atoms with Crippen LogP contribution in [-0.4, -0.2) is 16.2 Å². The fourth-order valence-corrected chi connectivity index (χ4v) is 2.17. The van der Waals surface area contributed by atoms with Crippen LogP contribution in [0.15, 0.2) is 42.2 Å². The van der Waals surface area contributed by atoms with Gasteiger partial charge in [0.1, 0.15) is 5.75 Å². The molecule has 0 aliphatic carbocycles. The van der Waals surface area contributed by atoms with Crippen molar-refractivity contribution in [1.29, 1.82) is 0 Å². The molecule has 1 amide bonds. The maximum atomic E-state index is 11.6. The van der Waals surface area contributed by atoms with Gasteiger partial charge in [-0.3, -0.25) is 10.1 Å². The second-order valence-electron chi connectivity index (χ2n) is 4.07. The molecule has 0 unspecified atom stereocenters. The van der Waals surface area contributed by atoms with Gasteiger partial charge >= 0.3 is 0 Å². The van der Waals surface area contributed by atoms with Crippen LogP contribution in [0.3, 0.4) is 0 Å². The van der Waals surface area contributed by atoms with Gasteiger partial charge in [0.2, 0.25) is 0 Å². The van der Waals surface area contributed by atoms with Crippen LogP contribution in [0.1, 0.15) is 5.56 Å². The van der Waals surface area contributed by atoms with Gasteiger partial charge in [0.25, 0.3) is 11.1 Å². The molecule has 1 aliphatic rings. The van der Waals surface area contributed by atoms with Crippen LogP contribution in [0.2, 0.25) is 0 Å². The molecule has 0 atom stereocenters. The van der Waals surface area contributed by atoms with Crippen molar-refractivity contribution in [2.24, 2.45) is 0 Å². The second-order valence-corrected chi connectivity index (χ2v) is 4.44. The average Bonchev–Trinajstić information content (AvgIpc) is 2.71. The number of thiocarbonyl (C=S) groups is 1. The van der Waals surface area contributed by atoms with Crippen LogP contribution in [0.5, 0.6) is 5.75 Å². The number of carbonyl (C=O) groups is 1. The van der Waals surface area contributed by atoms with Gasteiger partial charge in [0.15, 0.2) is 5.76 Å². The summed E-state index contributed by atoms with van der Waals surface area (Å²) >= 11 is 4.76. The Morgan fingerprint density at radius 3 is 2.74 bits per heavy atom. The van der Waals surface area contributed by atoms with E-state index in [1.807, 2.05) is 30.3 Å². The zero-order valence-corrected chi connectivity index (χ0v) is 10.5. The first-order chi connectivity index (χ1) is 9.15. The fourth-order valence-electron chi connectivity index (χ4n) is 1.99. The normalized spacial score (nSPS) is 16.7. The van der Waals surface area contributed by atoms with Crippen molar-refractivity contribution in [1.82, 2.24) is 5.32 Å². The summed E-state index contributed by atoms with van der Waals surface area (Å²) < 4.78 is 5.10. The Hall–Kier alpha value is -2.40. The summed E-state index contributed by atoms with van der Waals surface area (Å²) in [6.07, 6.45) is 1.49. The maximum absolute atomic E-state index is 11.6. The van der Waals surface area contributed by atoms with Gasteiger partial charge in [0.05, 0.1) is 0 Å². The molecule has 0 saturated carbocycles. The van der Waals surface area contributed by atoms with Gasteiger partial charge in [-0.25, -0.2) is 0 Å². The predicted octanol–water partition coefficient (Wildman–Crippen LogP) is 2.32. The first-order valence-corrected chi connectivity index (χ1v) is 6.01. The number of benzene rings is 2. The summed E-state index contributed by atoms with van der Waals surface area (Å²) in [7, 11) is 0. The van der Waals surface area contributed by atoms with Crippen LogP contribution in [-0.2, 0) is 9.53 Å². The third-order valence-electron chi connectivity index (χ3n) is 2.87. The summed E-state index contributed by atoms with van der Waals surface area (Å²) in [5, 5.41) is 14.2. The molecule has 2 aromatic carbocycles. The van der Waals surface area contributed by atoms with Crippen LogP contribution in [0, 0.1) is 0 Å². The second kappa shape index (κ2) is 4.37. The lowest BCUT2D eigenvalue weighted by Crippen LogP contribution is -2.18. The summed E-state index contributed by atoms with van der Waals surface area (Å²) in [4.78, 5) is 11.6. The molecule has 5 heteroatoms. The number of ether oxygens (including phenoxy) is 1. The van der Waals surface area contributed by atoms with E-state index >= 15 is 0 Å². The molecular weight excluding hydrogens is 262 g/mol. The quantitative estimate of drug-likeness (QED) is 0.617. The molecule has 1 saturated heterocycles. The lowest BCUT2D eigenvalue weighted by Gasteiger charge is -2.05. The number of nitrogens with one attached hydrogen (secondary N) is 1. The minimum atomic E-state index is -0.405. The van der Waals surface area contributed by atoms with Crippen LogP contribution in [0.25, 0.3) is 16.8 Å². The SMILES string of the molecule is O=C1NC(=S)OC1=Cc1c(O)ccc2ccccc12. The van der Waals surface area contributed by atoms with E-state index in [9.17, 15) is 9.90 Å². The van der Waals surface area contributed by atoms with Crippen molar-refractivity contribution in [3.05, 3.63) is 47.7 Å². The molecule has 0 spiro atoms. The van der Waals surface area contributed by atoms with Gasteiger partial charge < -0.3 is 9.84 Å². The van der Waals surface area contributed by atoms with E-state index in [2.05, 4.69) is 5.32 Å². The molecule has 1 heterocycles. The van der Waals surface area contributed by atoms with Gasteiger partial charge in [-0.15, -0.1) is 0 Å². The van der Waals surface area contributed by atoms with E-state index in [-0.39, 0.29) is 16.7 Å². The van der Waals surface area contributed by atoms with E-state index in [4.69, 9.17) is 17.0 Å². The lowest BCUT2D eigenvalue weighted by atomic mass is 10.0. The van der Waals surface area contributed by atoms with E-state index in [0.29, 0.717) is 5.56 Å². The van der Waals surface area contributed by atoms with E-state index in [0.717, 1.165) is 10.8 Å². The highest BCUT2D eigenvalue weighted by atomic mass is 32.1. The maximum Gasteiger partial charge on any atom is 0.294 e. The van der Waals surface area contributed by atoms with Crippen molar-refractivity contribution in [3.8, 4) is 5.75 Å². The van der Waals surface area contributed by atoms with E-state index < -0.39 is 5.91 Å². The zero-order chi connectivity index (χ0) is 13.4. The highest BCUT2D eigenvalue weighted by Gasteiger charge is 2.23. The van der Waals surface area contributed by atoms with Crippen molar-refractivity contribution >= 4 is 40.1 Å². The number of amides is 1. The molecule has 94 valence electrons. The Labute approximate surface area is 114 Å². The van der Waals surface area contributed by atoms with Crippen molar-refractivity contribution < 1.29 is 14.6 Å². The summed E-state index contributed by atoms with van der Waals surface area (Å²) in [5.74, 6) is -0.241. The van der Waals surface area contributed by atoms with Gasteiger partial charge in [-0.05, 0) is 35.1 Å². The van der Waals surface area contributed by atoms with E-state index in [1.165, 1.54) is 6.08 Å². The Balaban J connectivity index is 2.20. The Morgan fingerprint density at radius 1 is 1.21 bits per heavy atom. The molecule has 0 radical (unpaired) electrons. The average molecular weight is 271 g/mol. The molecule has 0 bridgehead atoms. The van der Waals surface area contributed by atoms with Crippen molar-refractivity contribution in [2.45, 2.75) is 0 Å². The first kappa shape index (κ1) is 11.7. The predicted molar refractivity (Wildman–Crippen MR) is 75.4 cm³/mol. The van der Waals surface area contributed by atoms with Crippen LogP contribution < -0.4 is 5.32 Å². The third-order valence-corrected chi connectivity index (χ3v) is 3.05. The molecule has 2 N–H and O–H groups in total. The topological polar surface area (TPSA) is 58.6 Å². The van der Waals surface area contributed by atoms with Gasteiger partial charge in [0, 0.05) is 5.56 Å². The number of fused-ring (bicyclic) bond motifs is 1. The number of aromatic hydroxyl groups is 1. The Bertz CT molecular complexity index is 737. The number of carbonyl (C=O) groups excluding carboxylic acids is 1. The lowest BCUT2D eigenvalue weighted by molar-refractivity contribution is -0.116. The molecule has 19 heavy (non-hydrogen) atoms. The van der Waals surface area contributed by atoms with Gasteiger partial charge in [-0.2, -0.15) is 0 Å². The molecule has 4 nitrogen and oxygen atoms in total.